The maximum absolute atomic E-state index is 13.2. The molecule has 1 fully saturated rings. The molecule has 0 radical (unpaired) electrons. The van der Waals surface area contributed by atoms with E-state index >= 15 is 0 Å². The zero-order chi connectivity index (χ0) is 25.3. The van der Waals surface area contributed by atoms with E-state index in [-0.39, 0.29) is 30.7 Å². The molecule has 2 aromatic heterocycles. The minimum atomic E-state index is -0.234. The summed E-state index contributed by atoms with van der Waals surface area (Å²) in [4.78, 5) is 26.2. The molecule has 1 aromatic carbocycles. The van der Waals surface area contributed by atoms with Crippen molar-refractivity contribution < 1.29 is 19.0 Å². The zero-order valence-electron chi connectivity index (χ0n) is 20.4. The van der Waals surface area contributed by atoms with Gasteiger partial charge in [0, 0.05) is 32.1 Å². The fourth-order valence-corrected chi connectivity index (χ4v) is 4.35. The quantitative estimate of drug-likeness (QED) is 0.412. The second-order valence-corrected chi connectivity index (χ2v) is 8.94. The molecule has 3 aromatic rings. The smallest absolute Gasteiger partial charge is 0.318 e. The highest BCUT2D eigenvalue weighted by Gasteiger charge is 2.24. The summed E-state index contributed by atoms with van der Waals surface area (Å²) in [6.45, 7) is 0.599. The van der Waals surface area contributed by atoms with E-state index in [1.54, 1.807) is 32.5 Å². The third-order valence-corrected chi connectivity index (χ3v) is 6.40. The number of ether oxygens (including phenoxy) is 3. The van der Waals surface area contributed by atoms with E-state index in [9.17, 15) is 4.79 Å². The Morgan fingerprint density at radius 3 is 2.64 bits per heavy atom. The molecule has 0 bridgehead atoms. The van der Waals surface area contributed by atoms with Crippen LogP contribution < -0.4 is 20.1 Å². The summed E-state index contributed by atoms with van der Waals surface area (Å²) in [5, 5.41) is 6.86. The van der Waals surface area contributed by atoms with E-state index < -0.39 is 0 Å². The van der Waals surface area contributed by atoms with Gasteiger partial charge in [0.2, 0.25) is 0 Å². The van der Waals surface area contributed by atoms with Gasteiger partial charge in [-0.2, -0.15) is 4.98 Å². The van der Waals surface area contributed by atoms with Crippen LogP contribution >= 0.6 is 11.6 Å². The number of nitrogens with zero attached hydrogens (tertiary/aromatic N) is 3. The first-order chi connectivity index (χ1) is 17.6. The van der Waals surface area contributed by atoms with Crippen molar-refractivity contribution in [1.82, 2.24) is 20.3 Å². The SMILES string of the molecule is COc1ccc(CNc2nc(OCc3ccccn3)ncc2C(=O)N[C@H]2CC[C@H](OC)CC2)cc1Cl. The van der Waals surface area contributed by atoms with Gasteiger partial charge in [-0.15, -0.1) is 0 Å². The van der Waals surface area contributed by atoms with Crippen molar-refractivity contribution in [2.24, 2.45) is 0 Å². The molecule has 36 heavy (non-hydrogen) atoms. The number of amides is 1. The second-order valence-electron chi connectivity index (χ2n) is 8.53. The van der Waals surface area contributed by atoms with Gasteiger partial charge >= 0.3 is 6.01 Å². The lowest BCUT2D eigenvalue weighted by Crippen LogP contribution is -2.39. The minimum Gasteiger partial charge on any atom is -0.495 e. The third kappa shape index (κ3) is 6.83. The van der Waals surface area contributed by atoms with Crippen LogP contribution in [0.15, 0.2) is 48.8 Å². The van der Waals surface area contributed by atoms with Gasteiger partial charge in [0.15, 0.2) is 0 Å². The van der Waals surface area contributed by atoms with Crippen LogP contribution in [-0.4, -0.2) is 47.2 Å². The fraction of sp³-hybridized carbons (Fsp3) is 0.385. The minimum absolute atomic E-state index is 0.0808. The van der Waals surface area contributed by atoms with E-state index in [0.717, 1.165) is 36.9 Å². The number of hydrogen-bond donors (Lipinski definition) is 2. The number of nitrogens with one attached hydrogen (secondary N) is 2. The van der Waals surface area contributed by atoms with Crippen LogP contribution in [0.2, 0.25) is 5.02 Å². The van der Waals surface area contributed by atoms with Gasteiger partial charge in [-0.1, -0.05) is 23.7 Å². The van der Waals surface area contributed by atoms with Gasteiger partial charge < -0.3 is 24.8 Å². The summed E-state index contributed by atoms with van der Waals surface area (Å²) < 4.78 is 16.4. The zero-order valence-corrected chi connectivity index (χ0v) is 21.1. The van der Waals surface area contributed by atoms with Gasteiger partial charge in [-0.25, -0.2) is 4.98 Å². The van der Waals surface area contributed by atoms with E-state index in [2.05, 4.69) is 25.6 Å². The molecule has 1 amide bonds. The average molecular weight is 512 g/mol. The molecule has 0 unspecified atom stereocenters. The lowest BCUT2D eigenvalue weighted by molar-refractivity contribution is 0.0599. The molecule has 2 heterocycles. The predicted octanol–water partition coefficient (Wildman–Crippen LogP) is 4.41. The molecule has 2 N–H and O–H groups in total. The average Bonchev–Trinajstić information content (AvgIpc) is 2.92. The molecule has 190 valence electrons. The molecular formula is C26H30ClN5O4. The van der Waals surface area contributed by atoms with Gasteiger partial charge in [-0.05, 0) is 55.5 Å². The summed E-state index contributed by atoms with van der Waals surface area (Å²) in [5.74, 6) is 0.731. The van der Waals surface area contributed by atoms with Crippen LogP contribution in [0.25, 0.3) is 0 Å². The van der Waals surface area contributed by atoms with Gasteiger partial charge in [0.1, 0.15) is 23.7 Å². The number of halogens is 1. The first-order valence-electron chi connectivity index (χ1n) is 11.9. The molecule has 1 aliphatic rings. The highest BCUT2D eigenvalue weighted by atomic mass is 35.5. The van der Waals surface area contributed by atoms with Gasteiger partial charge in [-0.3, -0.25) is 9.78 Å². The van der Waals surface area contributed by atoms with Crippen molar-refractivity contribution in [2.45, 2.75) is 51.0 Å². The number of benzene rings is 1. The van der Waals surface area contributed by atoms with Crippen molar-refractivity contribution >= 4 is 23.3 Å². The first-order valence-corrected chi connectivity index (χ1v) is 12.2. The third-order valence-electron chi connectivity index (χ3n) is 6.11. The summed E-state index contributed by atoms with van der Waals surface area (Å²) in [6, 6.07) is 11.3. The number of hydrogen-bond acceptors (Lipinski definition) is 8. The van der Waals surface area contributed by atoms with Crippen molar-refractivity contribution in [3.63, 3.8) is 0 Å². The van der Waals surface area contributed by atoms with Crippen molar-refractivity contribution in [3.8, 4) is 11.8 Å². The molecule has 4 rings (SSSR count). The Kier molecular flexibility index (Phi) is 8.91. The first kappa shape index (κ1) is 25.7. The van der Waals surface area contributed by atoms with Crippen LogP contribution in [0.3, 0.4) is 0 Å². The molecule has 1 saturated carbocycles. The number of pyridine rings is 1. The molecular weight excluding hydrogens is 482 g/mol. The molecule has 0 saturated heterocycles. The van der Waals surface area contributed by atoms with Crippen LogP contribution in [-0.2, 0) is 17.9 Å². The Morgan fingerprint density at radius 1 is 1.11 bits per heavy atom. The highest BCUT2D eigenvalue weighted by Crippen LogP contribution is 2.26. The number of carbonyl (C=O) groups excluding carboxylic acids is 1. The molecule has 1 aliphatic carbocycles. The molecule has 0 aliphatic heterocycles. The maximum Gasteiger partial charge on any atom is 0.318 e. The largest absolute Gasteiger partial charge is 0.495 e. The monoisotopic (exact) mass is 511 g/mol. The summed E-state index contributed by atoms with van der Waals surface area (Å²) in [6.07, 6.45) is 7.00. The maximum atomic E-state index is 13.2. The molecule has 9 nitrogen and oxygen atoms in total. The summed E-state index contributed by atoms with van der Waals surface area (Å²) in [5.41, 5.74) is 1.99. The summed E-state index contributed by atoms with van der Waals surface area (Å²) in [7, 11) is 3.30. The topological polar surface area (TPSA) is 107 Å². The van der Waals surface area contributed by atoms with Crippen molar-refractivity contribution in [1.29, 1.82) is 0 Å². The normalized spacial score (nSPS) is 17.3. The Balaban J connectivity index is 1.49. The van der Waals surface area contributed by atoms with Crippen molar-refractivity contribution in [3.05, 3.63) is 70.6 Å². The molecule has 0 atom stereocenters. The molecule has 0 spiro atoms. The molecule has 10 heteroatoms. The number of methoxy groups -OCH3 is 2. The highest BCUT2D eigenvalue weighted by molar-refractivity contribution is 6.32. The number of rotatable bonds is 10. The second kappa shape index (κ2) is 12.5. The number of aromatic nitrogens is 3. The fourth-order valence-electron chi connectivity index (χ4n) is 4.07. The van der Waals surface area contributed by atoms with E-state index in [4.69, 9.17) is 25.8 Å². The summed E-state index contributed by atoms with van der Waals surface area (Å²) >= 11 is 6.27. The number of anilines is 1. The van der Waals surface area contributed by atoms with E-state index in [0.29, 0.717) is 28.7 Å². The number of carbonyl (C=O) groups is 1. The van der Waals surface area contributed by atoms with Crippen molar-refractivity contribution in [2.75, 3.05) is 19.5 Å². The predicted molar refractivity (Wildman–Crippen MR) is 136 cm³/mol. The van der Waals surface area contributed by atoms with Crippen LogP contribution in [0.1, 0.15) is 47.3 Å². The lowest BCUT2D eigenvalue weighted by Gasteiger charge is -2.28. The van der Waals surface area contributed by atoms with Gasteiger partial charge in [0.25, 0.3) is 5.91 Å². The van der Waals surface area contributed by atoms with Crippen LogP contribution in [0.5, 0.6) is 11.8 Å². The van der Waals surface area contributed by atoms with Crippen LogP contribution in [0.4, 0.5) is 5.82 Å². The Morgan fingerprint density at radius 2 is 1.94 bits per heavy atom. The Bertz CT molecular complexity index is 1160. The lowest BCUT2D eigenvalue weighted by atomic mass is 9.93. The standard InChI is InChI=1S/C26H30ClN5O4/c1-34-20-9-7-18(8-10-20)31-25(33)21-15-30-26(36-16-19-5-3-4-12-28-19)32-24(21)29-14-17-6-11-23(35-2)22(27)13-17/h3-6,11-13,15,18,20H,7-10,14,16H2,1-2H3,(H,31,33)(H,29,30,32)/t18-,20-. The Labute approximate surface area is 215 Å². The Hall–Kier alpha value is -3.43. The van der Waals surface area contributed by atoms with E-state index in [1.165, 1.54) is 6.20 Å². The van der Waals surface area contributed by atoms with Crippen LogP contribution in [0, 0.1) is 0 Å². The van der Waals surface area contributed by atoms with E-state index in [1.807, 2.05) is 24.3 Å². The van der Waals surface area contributed by atoms with Gasteiger partial charge in [0.05, 0.1) is 23.9 Å².